The van der Waals surface area contributed by atoms with Gasteiger partial charge in [-0.1, -0.05) is 18.5 Å². The average Bonchev–Trinajstić information content (AvgIpc) is 2.64. The van der Waals surface area contributed by atoms with E-state index >= 15 is 0 Å². The van der Waals surface area contributed by atoms with Gasteiger partial charge in [-0.2, -0.15) is 0 Å². The van der Waals surface area contributed by atoms with Gasteiger partial charge in [-0.3, -0.25) is 0 Å². The summed E-state index contributed by atoms with van der Waals surface area (Å²) >= 11 is 9.18. The minimum atomic E-state index is 0.535. The highest BCUT2D eigenvalue weighted by Gasteiger charge is 2.11. The Balaban J connectivity index is 2.30. The molecule has 0 aliphatic heterocycles. The Bertz CT molecular complexity index is 499. The molecule has 0 aliphatic rings. The highest BCUT2D eigenvalue weighted by molar-refractivity contribution is 8.01. The molecule has 0 N–H and O–H groups in total. The molecule has 0 bridgehead atoms. The lowest BCUT2D eigenvalue weighted by molar-refractivity contribution is 0.943. The van der Waals surface area contributed by atoms with Crippen LogP contribution in [-0.4, -0.2) is 15.0 Å². The summed E-state index contributed by atoms with van der Waals surface area (Å²) in [7, 11) is 0. The molecule has 0 unspecified atom stereocenters. The minimum Gasteiger partial charge on any atom is -0.235 e. The molecule has 0 aliphatic carbocycles. The number of aryl methyl sites for hydroxylation is 1. The Labute approximate surface area is 107 Å². The normalized spacial score (nSPS) is 10.7. The van der Waals surface area contributed by atoms with Crippen LogP contribution in [0, 0.1) is 6.92 Å². The van der Waals surface area contributed by atoms with Gasteiger partial charge >= 0.3 is 0 Å². The van der Waals surface area contributed by atoms with Crippen molar-refractivity contribution in [2.45, 2.75) is 29.6 Å². The molecule has 0 fully saturated rings. The number of hydrogen-bond acceptors (Lipinski definition) is 5. The van der Waals surface area contributed by atoms with Gasteiger partial charge in [0, 0.05) is 16.6 Å². The van der Waals surface area contributed by atoms with Crippen LogP contribution in [0.15, 0.2) is 21.1 Å². The van der Waals surface area contributed by atoms with E-state index in [0.29, 0.717) is 5.15 Å². The summed E-state index contributed by atoms with van der Waals surface area (Å²) in [4.78, 5) is 12.6. The van der Waals surface area contributed by atoms with Gasteiger partial charge in [-0.15, -0.1) is 11.3 Å². The highest BCUT2D eigenvalue weighted by atomic mass is 35.5. The van der Waals surface area contributed by atoms with Crippen molar-refractivity contribution in [1.29, 1.82) is 0 Å². The third kappa shape index (κ3) is 2.53. The molecule has 16 heavy (non-hydrogen) atoms. The SMILES string of the molecule is CCc1c(Cl)ncnc1Sc1nc(C)cs1. The molecular formula is C10H10ClN3S2. The van der Waals surface area contributed by atoms with Crippen LogP contribution in [0.4, 0.5) is 0 Å². The Morgan fingerprint density at radius 3 is 2.88 bits per heavy atom. The summed E-state index contributed by atoms with van der Waals surface area (Å²) in [5, 5.41) is 3.46. The zero-order valence-electron chi connectivity index (χ0n) is 8.90. The van der Waals surface area contributed by atoms with Crippen LogP contribution in [-0.2, 0) is 6.42 Å². The second kappa shape index (κ2) is 5.12. The second-order valence-electron chi connectivity index (χ2n) is 3.16. The number of aromatic nitrogens is 3. The Kier molecular flexibility index (Phi) is 3.78. The molecule has 0 atom stereocenters. The van der Waals surface area contributed by atoms with Crippen LogP contribution in [0.25, 0.3) is 0 Å². The predicted octanol–water partition coefficient (Wildman–Crippen LogP) is 3.61. The molecule has 0 radical (unpaired) electrons. The summed E-state index contributed by atoms with van der Waals surface area (Å²) in [6.07, 6.45) is 2.32. The number of hydrogen-bond donors (Lipinski definition) is 0. The van der Waals surface area contributed by atoms with E-state index < -0.39 is 0 Å². The van der Waals surface area contributed by atoms with Crippen molar-refractivity contribution in [1.82, 2.24) is 15.0 Å². The molecule has 3 nitrogen and oxygen atoms in total. The molecule has 0 aromatic carbocycles. The van der Waals surface area contributed by atoms with E-state index in [1.54, 1.807) is 23.1 Å². The first-order valence-electron chi connectivity index (χ1n) is 4.80. The summed E-state index contributed by atoms with van der Waals surface area (Å²) in [6.45, 7) is 4.02. The summed E-state index contributed by atoms with van der Waals surface area (Å²) in [5.74, 6) is 0. The lowest BCUT2D eigenvalue weighted by Crippen LogP contribution is -1.93. The van der Waals surface area contributed by atoms with E-state index in [4.69, 9.17) is 11.6 Å². The lowest BCUT2D eigenvalue weighted by Gasteiger charge is -2.04. The van der Waals surface area contributed by atoms with Crippen LogP contribution in [0.1, 0.15) is 18.2 Å². The molecule has 0 amide bonds. The maximum absolute atomic E-state index is 6.02. The number of thiazole rings is 1. The standard InChI is InChI=1S/C10H10ClN3S2/c1-3-7-8(11)12-5-13-9(7)16-10-14-6(2)4-15-10/h4-5H,3H2,1-2H3. The molecule has 2 aromatic heterocycles. The smallest absolute Gasteiger partial charge is 0.156 e. The number of nitrogens with zero attached hydrogens (tertiary/aromatic N) is 3. The van der Waals surface area contributed by atoms with Gasteiger partial charge in [0.25, 0.3) is 0 Å². The first-order chi connectivity index (χ1) is 7.70. The van der Waals surface area contributed by atoms with E-state index in [2.05, 4.69) is 15.0 Å². The minimum absolute atomic E-state index is 0.535. The van der Waals surface area contributed by atoms with Crippen molar-refractivity contribution in [3.05, 3.63) is 28.1 Å². The fourth-order valence-electron chi connectivity index (χ4n) is 1.22. The quantitative estimate of drug-likeness (QED) is 0.800. The fourth-order valence-corrected chi connectivity index (χ4v) is 3.46. The summed E-state index contributed by atoms with van der Waals surface area (Å²) in [5.41, 5.74) is 2.02. The van der Waals surface area contributed by atoms with Crippen molar-refractivity contribution in [3.63, 3.8) is 0 Å². The van der Waals surface area contributed by atoms with Crippen molar-refractivity contribution < 1.29 is 0 Å². The molecule has 84 valence electrons. The lowest BCUT2D eigenvalue weighted by atomic mass is 10.3. The van der Waals surface area contributed by atoms with Gasteiger partial charge in [0.05, 0.1) is 0 Å². The maximum atomic E-state index is 6.02. The molecule has 0 saturated heterocycles. The monoisotopic (exact) mass is 271 g/mol. The van der Waals surface area contributed by atoms with Crippen molar-refractivity contribution in [2.75, 3.05) is 0 Å². The van der Waals surface area contributed by atoms with Crippen LogP contribution >= 0.6 is 34.7 Å². The molecular weight excluding hydrogens is 262 g/mol. The molecule has 0 spiro atoms. The van der Waals surface area contributed by atoms with Gasteiger partial charge in [0.2, 0.25) is 0 Å². The van der Waals surface area contributed by atoms with Gasteiger partial charge in [-0.25, -0.2) is 15.0 Å². The highest BCUT2D eigenvalue weighted by Crippen LogP contribution is 2.33. The van der Waals surface area contributed by atoms with Gasteiger partial charge in [-0.05, 0) is 25.1 Å². The van der Waals surface area contributed by atoms with Crippen LogP contribution < -0.4 is 0 Å². The first-order valence-corrected chi connectivity index (χ1v) is 6.87. The Hall–Kier alpha value is -0.650. The van der Waals surface area contributed by atoms with Crippen molar-refractivity contribution in [3.8, 4) is 0 Å². The third-order valence-electron chi connectivity index (χ3n) is 1.99. The largest absolute Gasteiger partial charge is 0.235 e. The van der Waals surface area contributed by atoms with Crippen LogP contribution in [0.3, 0.4) is 0 Å². The molecule has 2 rings (SSSR count). The summed E-state index contributed by atoms with van der Waals surface area (Å²) < 4.78 is 0.988. The van der Waals surface area contributed by atoms with Gasteiger partial charge < -0.3 is 0 Å². The van der Waals surface area contributed by atoms with E-state index in [-0.39, 0.29) is 0 Å². The Morgan fingerprint density at radius 1 is 1.44 bits per heavy atom. The molecule has 2 heterocycles. The third-order valence-corrected chi connectivity index (χ3v) is 4.42. The average molecular weight is 272 g/mol. The predicted molar refractivity (Wildman–Crippen MR) is 67.4 cm³/mol. The Morgan fingerprint density at radius 2 is 2.25 bits per heavy atom. The van der Waals surface area contributed by atoms with Crippen LogP contribution in [0.2, 0.25) is 5.15 Å². The number of halogens is 1. The summed E-state index contributed by atoms with van der Waals surface area (Å²) in [6, 6.07) is 0. The van der Waals surface area contributed by atoms with E-state index in [0.717, 1.165) is 27.0 Å². The maximum Gasteiger partial charge on any atom is 0.156 e. The fraction of sp³-hybridized carbons (Fsp3) is 0.300. The van der Waals surface area contributed by atoms with E-state index in [1.807, 2.05) is 19.2 Å². The molecule has 6 heteroatoms. The molecule has 0 saturated carbocycles. The van der Waals surface area contributed by atoms with Gasteiger partial charge in [0.1, 0.15) is 16.5 Å². The zero-order chi connectivity index (χ0) is 11.5. The molecule has 2 aromatic rings. The van der Waals surface area contributed by atoms with E-state index in [1.165, 1.54) is 6.33 Å². The zero-order valence-corrected chi connectivity index (χ0v) is 11.3. The van der Waals surface area contributed by atoms with Crippen LogP contribution in [0.5, 0.6) is 0 Å². The topological polar surface area (TPSA) is 38.7 Å². The number of rotatable bonds is 3. The van der Waals surface area contributed by atoms with Crippen molar-refractivity contribution >= 4 is 34.7 Å². The van der Waals surface area contributed by atoms with Gasteiger partial charge in [0.15, 0.2) is 4.34 Å². The second-order valence-corrected chi connectivity index (χ2v) is 5.61. The van der Waals surface area contributed by atoms with E-state index in [9.17, 15) is 0 Å². The van der Waals surface area contributed by atoms with Crippen molar-refractivity contribution in [2.24, 2.45) is 0 Å². The first kappa shape index (κ1) is 11.8.